The van der Waals surface area contributed by atoms with Gasteiger partial charge in [0.05, 0.1) is 25.1 Å². The second-order valence-corrected chi connectivity index (χ2v) is 10.00. The number of nitrogens with one attached hydrogen (secondary N) is 2. The lowest BCUT2D eigenvalue weighted by molar-refractivity contribution is -0.122. The lowest BCUT2D eigenvalue weighted by Gasteiger charge is -2.14. The fraction of sp³-hybridized carbons (Fsp3) is 0.312. The molecule has 0 bridgehead atoms. The molecule has 0 saturated heterocycles. The number of amides is 2. The van der Waals surface area contributed by atoms with Gasteiger partial charge in [-0.2, -0.15) is 0 Å². The van der Waals surface area contributed by atoms with Crippen LogP contribution in [-0.4, -0.2) is 41.7 Å². The van der Waals surface area contributed by atoms with E-state index in [9.17, 15) is 19.2 Å². The number of benzene rings is 3. The normalized spacial score (nSPS) is 10.8. The number of aryl methyl sites for hydroxylation is 1. The van der Waals surface area contributed by atoms with Gasteiger partial charge in [0.25, 0.3) is 5.56 Å². The van der Waals surface area contributed by atoms with Crippen LogP contribution in [0.3, 0.4) is 0 Å². The highest BCUT2D eigenvalue weighted by Crippen LogP contribution is 2.27. The number of methoxy groups -OCH3 is 2. The molecule has 0 spiro atoms. The van der Waals surface area contributed by atoms with Crippen molar-refractivity contribution in [3.05, 3.63) is 104 Å². The van der Waals surface area contributed by atoms with Crippen LogP contribution >= 0.6 is 0 Å². The molecule has 10 nitrogen and oxygen atoms in total. The van der Waals surface area contributed by atoms with Crippen molar-refractivity contribution < 1.29 is 19.1 Å². The second-order valence-electron chi connectivity index (χ2n) is 10.00. The molecule has 4 rings (SSSR count). The third kappa shape index (κ3) is 7.45. The summed E-state index contributed by atoms with van der Waals surface area (Å²) >= 11 is 0. The fourth-order valence-corrected chi connectivity index (χ4v) is 4.70. The van der Waals surface area contributed by atoms with Gasteiger partial charge in [-0.15, -0.1) is 0 Å². The van der Waals surface area contributed by atoms with Crippen molar-refractivity contribution in [2.24, 2.45) is 0 Å². The summed E-state index contributed by atoms with van der Waals surface area (Å²) in [5.41, 5.74) is 2.43. The Morgan fingerprint density at radius 3 is 2.26 bits per heavy atom. The van der Waals surface area contributed by atoms with Crippen molar-refractivity contribution in [2.45, 2.75) is 45.8 Å². The van der Waals surface area contributed by atoms with Gasteiger partial charge in [0.1, 0.15) is 6.54 Å². The monoisotopic (exact) mass is 572 g/mol. The summed E-state index contributed by atoms with van der Waals surface area (Å²) in [6.45, 7) is 2.56. The van der Waals surface area contributed by atoms with E-state index < -0.39 is 11.2 Å². The Hall–Kier alpha value is -4.86. The van der Waals surface area contributed by atoms with Crippen LogP contribution in [-0.2, 0) is 35.6 Å². The molecule has 220 valence electrons. The number of rotatable bonds is 13. The largest absolute Gasteiger partial charge is 0.493 e. The second kappa shape index (κ2) is 14.2. The van der Waals surface area contributed by atoms with Crippen molar-refractivity contribution in [2.75, 3.05) is 20.8 Å². The van der Waals surface area contributed by atoms with Gasteiger partial charge in [-0.05, 0) is 55.2 Å². The van der Waals surface area contributed by atoms with Crippen LogP contribution in [0.4, 0.5) is 0 Å². The van der Waals surface area contributed by atoms with Crippen LogP contribution in [0.1, 0.15) is 29.5 Å². The zero-order valence-corrected chi connectivity index (χ0v) is 24.1. The van der Waals surface area contributed by atoms with Crippen molar-refractivity contribution in [1.82, 2.24) is 19.8 Å². The summed E-state index contributed by atoms with van der Waals surface area (Å²) < 4.78 is 13.0. The van der Waals surface area contributed by atoms with Gasteiger partial charge in [-0.1, -0.05) is 48.0 Å². The SMILES string of the molecule is COc1ccc(CCNC(=O)Cn2c(=O)n(CCCC(=O)NCc3ccc(C)cc3)c(=O)c3ccccc32)cc1OC. The summed E-state index contributed by atoms with van der Waals surface area (Å²) in [6, 6.07) is 20.1. The molecule has 1 heterocycles. The lowest BCUT2D eigenvalue weighted by atomic mass is 10.1. The Labute approximate surface area is 243 Å². The highest BCUT2D eigenvalue weighted by atomic mass is 16.5. The summed E-state index contributed by atoms with van der Waals surface area (Å²) in [5, 5.41) is 6.05. The van der Waals surface area contributed by atoms with Crippen molar-refractivity contribution in [3.8, 4) is 11.5 Å². The van der Waals surface area contributed by atoms with E-state index in [1.807, 2.05) is 43.3 Å². The molecule has 4 aromatic rings. The number of hydrogen-bond donors (Lipinski definition) is 2. The van der Waals surface area contributed by atoms with Crippen molar-refractivity contribution in [3.63, 3.8) is 0 Å². The van der Waals surface area contributed by atoms with E-state index >= 15 is 0 Å². The Morgan fingerprint density at radius 1 is 0.810 bits per heavy atom. The molecule has 3 aromatic carbocycles. The van der Waals surface area contributed by atoms with Crippen molar-refractivity contribution in [1.29, 1.82) is 0 Å². The number of aromatic nitrogens is 2. The molecular formula is C32H36N4O6. The van der Waals surface area contributed by atoms with E-state index in [0.29, 0.717) is 48.3 Å². The third-order valence-electron chi connectivity index (χ3n) is 7.01. The average molecular weight is 573 g/mol. The summed E-state index contributed by atoms with van der Waals surface area (Å²) in [7, 11) is 3.13. The van der Waals surface area contributed by atoms with Crippen LogP contribution < -0.4 is 31.4 Å². The first-order chi connectivity index (χ1) is 20.3. The smallest absolute Gasteiger partial charge is 0.331 e. The third-order valence-corrected chi connectivity index (χ3v) is 7.01. The van der Waals surface area contributed by atoms with Crippen LogP contribution in [0.5, 0.6) is 11.5 Å². The topological polar surface area (TPSA) is 121 Å². The zero-order chi connectivity index (χ0) is 30.1. The highest BCUT2D eigenvalue weighted by molar-refractivity contribution is 5.81. The van der Waals surface area contributed by atoms with E-state index in [1.165, 1.54) is 4.57 Å². The Bertz CT molecular complexity index is 1670. The molecule has 0 aliphatic carbocycles. The molecule has 0 aliphatic heterocycles. The van der Waals surface area contributed by atoms with Gasteiger partial charge in [0.15, 0.2) is 11.5 Å². The van der Waals surface area contributed by atoms with E-state index in [1.54, 1.807) is 44.6 Å². The molecule has 0 saturated carbocycles. The Kier molecular flexibility index (Phi) is 10.1. The molecule has 0 aliphatic rings. The number of carbonyl (C=O) groups excluding carboxylic acids is 2. The van der Waals surface area contributed by atoms with Gasteiger partial charge < -0.3 is 20.1 Å². The van der Waals surface area contributed by atoms with Gasteiger partial charge in [-0.3, -0.25) is 23.5 Å². The minimum Gasteiger partial charge on any atom is -0.493 e. The number of ether oxygens (including phenoxy) is 2. The van der Waals surface area contributed by atoms with E-state index in [0.717, 1.165) is 21.3 Å². The minimum absolute atomic E-state index is 0.0569. The van der Waals surface area contributed by atoms with E-state index in [-0.39, 0.29) is 31.3 Å². The zero-order valence-electron chi connectivity index (χ0n) is 24.1. The maximum atomic E-state index is 13.4. The first-order valence-electron chi connectivity index (χ1n) is 13.8. The highest BCUT2D eigenvalue weighted by Gasteiger charge is 2.16. The van der Waals surface area contributed by atoms with Crippen LogP contribution in [0.2, 0.25) is 0 Å². The van der Waals surface area contributed by atoms with Crippen LogP contribution in [0.25, 0.3) is 10.9 Å². The van der Waals surface area contributed by atoms with Crippen LogP contribution in [0.15, 0.2) is 76.3 Å². The lowest BCUT2D eigenvalue weighted by Crippen LogP contribution is -2.43. The number of nitrogens with zero attached hydrogens (tertiary/aromatic N) is 2. The molecule has 10 heteroatoms. The molecule has 0 fully saturated rings. The molecule has 2 amide bonds. The van der Waals surface area contributed by atoms with Gasteiger partial charge in [-0.25, -0.2) is 4.79 Å². The first-order valence-corrected chi connectivity index (χ1v) is 13.8. The van der Waals surface area contributed by atoms with Gasteiger partial charge >= 0.3 is 5.69 Å². The van der Waals surface area contributed by atoms with Crippen molar-refractivity contribution >= 4 is 22.7 Å². The number of fused-ring (bicyclic) bond motifs is 1. The molecule has 1 aromatic heterocycles. The molecule has 0 radical (unpaired) electrons. The van der Waals surface area contributed by atoms with Gasteiger partial charge in [0, 0.05) is 26.1 Å². The Balaban J connectivity index is 1.40. The average Bonchev–Trinajstić information content (AvgIpc) is 3.00. The number of carbonyl (C=O) groups is 2. The van der Waals surface area contributed by atoms with Gasteiger partial charge in [0.2, 0.25) is 11.8 Å². The minimum atomic E-state index is -0.589. The maximum Gasteiger partial charge on any atom is 0.331 e. The van der Waals surface area contributed by atoms with E-state index in [2.05, 4.69) is 10.6 Å². The molecule has 0 atom stereocenters. The number of hydrogen-bond acceptors (Lipinski definition) is 6. The predicted octanol–water partition coefficient (Wildman–Crippen LogP) is 2.94. The van der Waals surface area contributed by atoms with E-state index in [4.69, 9.17) is 9.47 Å². The fourth-order valence-electron chi connectivity index (χ4n) is 4.70. The standard InChI is InChI=1S/C32H36N4O6/c1-22-10-12-24(13-11-22)20-34-29(37)9-6-18-35-31(39)25-7-4-5-8-26(25)36(32(35)40)21-30(38)33-17-16-23-14-15-27(41-2)28(19-23)42-3/h4-5,7-8,10-15,19H,6,9,16-18,20-21H2,1-3H3,(H,33,38)(H,34,37). The number of para-hydroxylation sites is 1. The molecule has 2 N–H and O–H groups in total. The summed E-state index contributed by atoms with van der Waals surface area (Å²) in [5.74, 6) is 0.696. The first kappa shape index (κ1) is 30.1. The summed E-state index contributed by atoms with van der Waals surface area (Å²) in [6.07, 6.45) is 0.999. The summed E-state index contributed by atoms with van der Waals surface area (Å²) in [4.78, 5) is 51.8. The maximum absolute atomic E-state index is 13.4. The Morgan fingerprint density at radius 2 is 1.52 bits per heavy atom. The quantitative estimate of drug-likeness (QED) is 0.254. The molecule has 42 heavy (non-hydrogen) atoms. The van der Waals surface area contributed by atoms with Crippen LogP contribution in [0, 0.1) is 6.92 Å². The molecular weight excluding hydrogens is 536 g/mol. The predicted molar refractivity (Wildman–Crippen MR) is 161 cm³/mol. The molecule has 0 unspecified atom stereocenters.